The Morgan fingerprint density at radius 1 is 1.29 bits per heavy atom. The van der Waals surface area contributed by atoms with Gasteiger partial charge in [0, 0.05) is 25.9 Å². The first-order valence-electron chi connectivity index (χ1n) is 7.39. The Labute approximate surface area is 122 Å². The van der Waals surface area contributed by atoms with E-state index in [1.807, 2.05) is 0 Å². The number of alkyl halides is 3. The van der Waals surface area contributed by atoms with Crippen molar-refractivity contribution >= 4 is 11.8 Å². The van der Waals surface area contributed by atoms with Gasteiger partial charge in [-0.1, -0.05) is 0 Å². The highest BCUT2D eigenvalue weighted by molar-refractivity contribution is 5.93. The molecule has 1 aliphatic carbocycles. The van der Waals surface area contributed by atoms with Crippen LogP contribution in [-0.4, -0.2) is 41.5 Å². The van der Waals surface area contributed by atoms with Gasteiger partial charge in [0.05, 0.1) is 0 Å². The van der Waals surface area contributed by atoms with Crippen LogP contribution < -0.4 is 5.32 Å². The average Bonchev–Trinajstić information content (AvgIpc) is 3.19. The molecule has 1 saturated carbocycles. The summed E-state index contributed by atoms with van der Waals surface area (Å²) in [5.41, 5.74) is -0.877. The molecule has 21 heavy (non-hydrogen) atoms. The Morgan fingerprint density at radius 2 is 1.95 bits per heavy atom. The number of rotatable bonds is 5. The van der Waals surface area contributed by atoms with Crippen molar-refractivity contribution in [3.63, 3.8) is 0 Å². The lowest BCUT2D eigenvalue weighted by Gasteiger charge is -2.32. The van der Waals surface area contributed by atoms with Crippen LogP contribution in [0.1, 0.15) is 45.4 Å². The van der Waals surface area contributed by atoms with Crippen molar-refractivity contribution in [3.05, 3.63) is 0 Å². The molecule has 2 fully saturated rings. The summed E-state index contributed by atoms with van der Waals surface area (Å²) >= 11 is 0. The van der Waals surface area contributed by atoms with Gasteiger partial charge in [-0.15, -0.1) is 0 Å². The zero-order valence-electron chi connectivity index (χ0n) is 12.1. The average molecular weight is 306 g/mol. The second kappa shape index (κ2) is 5.85. The first-order valence-corrected chi connectivity index (χ1v) is 7.39. The number of unbranched alkanes of at least 4 members (excludes halogenated alkanes) is 1. The Hall–Kier alpha value is -1.27. The molecule has 2 amide bonds. The molecule has 2 rings (SSSR count). The maximum Gasteiger partial charge on any atom is 0.389 e. The van der Waals surface area contributed by atoms with Crippen molar-refractivity contribution in [2.45, 2.75) is 57.2 Å². The van der Waals surface area contributed by atoms with Gasteiger partial charge in [0.25, 0.3) is 0 Å². The molecule has 7 heteroatoms. The SMILES string of the molecule is CC1(C2CC2)NC(=O)CCN(CCCCC(F)(F)F)C1=O. The smallest absolute Gasteiger partial charge is 0.342 e. The molecule has 1 unspecified atom stereocenters. The van der Waals surface area contributed by atoms with E-state index in [-0.39, 0.29) is 37.1 Å². The van der Waals surface area contributed by atoms with Crippen LogP contribution in [0.4, 0.5) is 13.2 Å². The molecule has 0 aromatic carbocycles. The van der Waals surface area contributed by atoms with Crippen LogP contribution in [0.2, 0.25) is 0 Å². The standard InChI is InChI=1S/C14H21F3N2O2/c1-13(10-4-5-10)12(21)19(9-6-11(20)18-13)8-3-2-7-14(15,16)17/h10H,2-9H2,1H3,(H,18,20). The van der Waals surface area contributed by atoms with Gasteiger partial charge in [0.2, 0.25) is 11.8 Å². The highest BCUT2D eigenvalue weighted by Gasteiger charge is 2.50. The molecule has 0 spiro atoms. The summed E-state index contributed by atoms with van der Waals surface area (Å²) in [5, 5.41) is 2.80. The Morgan fingerprint density at radius 3 is 2.52 bits per heavy atom. The van der Waals surface area contributed by atoms with Crippen LogP contribution in [0.25, 0.3) is 0 Å². The van der Waals surface area contributed by atoms with Gasteiger partial charge in [-0.3, -0.25) is 9.59 Å². The maximum atomic E-state index is 12.6. The molecule has 1 N–H and O–H groups in total. The molecule has 2 aliphatic rings. The van der Waals surface area contributed by atoms with Crippen molar-refractivity contribution in [1.82, 2.24) is 10.2 Å². The number of carbonyl (C=O) groups is 2. The molecule has 1 aliphatic heterocycles. The van der Waals surface area contributed by atoms with Crippen LogP contribution in [0.15, 0.2) is 0 Å². The molecule has 0 aromatic rings. The highest BCUT2D eigenvalue weighted by Crippen LogP contribution is 2.41. The van der Waals surface area contributed by atoms with Gasteiger partial charge in [0.15, 0.2) is 0 Å². The zero-order valence-corrected chi connectivity index (χ0v) is 12.1. The molecular formula is C14H21F3N2O2. The van der Waals surface area contributed by atoms with Crippen LogP contribution in [-0.2, 0) is 9.59 Å². The lowest BCUT2D eigenvalue weighted by Crippen LogP contribution is -2.56. The summed E-state index contributed by atoms with van der Waals surface area (Å²) in [5.74, 6) is -0.150. The quantitative estimate of drug-likeness (QED) is 0.792. The van der Waals surface area contributed by atoms with Crippen molar-refractivity contribution < 1.29 is 22.8 Å². The largest absolute Gasteiger partial charge is 0.389 e. The summed E-state index contributed by atoms with van der Waals surface area (Å²) in [6.07, 6.45) is -2.63. The molecular weight excluding hydrogens is 285 g/mol. The van der Waals surface area contributed by atoms with Crippen LogP contribution in [0.5, 0.6) is 0 Å². The van der Waals surface area contributed by atoms with Crippen molar-refractivity contribution in [3.8, 4) is 0 Å². The van der Waals surface area contributed by atoms with Crippen LogP contribution >= 0.6 is 0 Å². The van der Waals surface area contributed by atoms with Crippen LogP contribution in [0.3, 0.4) is 0 Å². The number of nitrogens with zero attached hydrogens (tertiary/aromatic N) is 1. The van der Waals surface area contributed by atoms with Crippen molar-refractivity contribution in [1.29, 1.82) is 0 Å². The predicted octanol–water partition coefficient (Wildman–Crippen LogP) is 2.24. The third kappa shape index (κ3) is 4.11. The monoisotopic (exact) mass is 306 g/mol. The lowest BCUT2D eigenvalue weighted by molar-refractivity contribution is -0.140. The first-order chi connectivity index (χ1) is 9.72. The summed E-state index contributed by atoms with van der Waals surface area (Å²) in [6, 6.07) is 0. The Bertz CT molecular complexity index is 421. The number of nitrogens with one attached hydrogen (secondary N) is 1. The molecule has 0 aromatic heterocycles. The first kappa shape index (κ1) is 16.1. The number of halogens is 3. The fourth-order valence-electron chi connectivity index (χ4n) is 2.85. The van der Waals surface area contributed by atoms with Crippen molar-refractivity contribution in [2.75, 3.05) is 13.1 Å². The van der Waals surface area contributed by atoms with Crippen LogP contribution in [0, 0.1) is 5.92 Å². The third-order valence-corrected chi connectivity index (χ3v) is 4.27. The lowest BCUT2D eigenvalue weighted by atomic mass is 9.94. The molecule has 0 bridgehead atoms. The van der Waals surface area contributed by atoms with E-state index in [0.717, 1.165) is 12.8 Å². The van der Waals surface area contributed by atoms with E-state index in [4.69, 9.17) is 0 Å². The topological polar surface area (TPSA) is 49.4 Å². The molecule has 4 nitrogen and oxygen atoms in total. The molecule has 0 radical (unpaired) electrons. The number of hydrogen-bond donors (Lipinski definition) is 1. The number of amides is 2. The fourth-order valence-corrected chi connectivity index (χ4v) is 2.85. The molecule has 1 saturated heterocycles. The maximum absolute atomic E-state index is 12.6. The summed E-state index contributed by atoms with van der Waals surface area (Å²) in [7, 11) is 0. The summed E-state index contributed by atoms with van der Waals surface area (Å²) in [4.78, 5) is 25.9. The highest BCUT2D eigenvalue weighted by atomic mass is 19.4. The van der Waals surface area contributed by atoms with Gasteiger partial charge in [0.1, 0.15) is 5.54 Å². The van der Waals surface area contributed by atoms with Gasteiger partial charge in [-0.25, -0.2) is 0 Å². The number of carbonyl (C=O) groups excluding carboxylic acids is 2. The van der Waals surface area contributed by atoms with E-state index in [0.29, 0.717) is 13.0 Å². The fraction of sp³-hybridized carbons (Fsp3) is 0.857. The minimum Gasteiger partial charge on any atom is -0.342 e. The van der Waals surface area contributed by atoms with E-state index in [1.165, 1.54) is 0 Å². The van der Waals surface area contributed by atoms with Gasteiger partial charge < -0.3 is 10.2 Å². The minimum absolute atomic E-state index is 0.00873. The third-order valence-electron chi connectivity index (χ3n) is 4.27. The normalized spacial score (nSPS) is 27.5. The van der Waals surface area contributed by atoms with E-state index in [2.05, 4.69) is 5.32 Å². The molecule has 120 valence electrons. The number of hydrogen-bond acceptors (Lipinski definition) is 2. The minimum atomic E-state index is -4.15. The summed E-state index contributed by atoms with van der Waals surface area (Å²) in [6.45, 7) is 2.31. The van der Waals surface area contributed by atoms with E-state index in [9.17, 15) is 22.8 Å². The van der Waals surface area contributed by atoms with Gasteiger partial charge in [-0.2, -0.15) is 13.2 Å². The second-order valence-electron chi connectivity index (χ2n) is 6.14. The van der Waals surface area contributed by atoms with E-state index < -0.39 is 18.1 Å². The van der Waals surface area contributed by atoms with Crippen molar-refractivity contribution in [2.24, 2.45) is 5.92 Å². The van der Waals surface area contributed by atoms with E-state index >= 15 is 0 Å². The Balaban J connectivity index is 1.92. The van der Waals surface area contributed by atoms with Gasteiger partial charge >= 0.3 is 6.18 Å². The second-order valence-corrected chi connectivity index (χ2v) is 6.14. The molecule has 1 heterocycles. The van der Waals surface area contributed by atoms with E-state index in [1.54, 1.807) is 11.8 Å². The summed E-state index contributed by atoms with van der Waals surface area (Å²) < 4.78 is 36.3. The Kier molecular flexibility index (Phi) is 4.49. The zero-order chi connectivity index (χ0) is 15.7. The van der Waals surface area contributed by atoms with Gasteiger partial charge in [-0.05, 0) is 38.5 Å². The predicted molar refractivity (Wildman–Crippen MR) is 70.4 cm³/mol. The molecule has 1 atom stereocenters.